The molecule has 1 N–H and O–H groups in total. The van der Waals surface area contributed by atoms with Crippen LogP contribution in [0.4, 0.5) is 5.69 Å². The number of anilines is 1. The predicted octanol–water partition coefficient (Wildman–Crippen LogP) is 5.01. The van der Waals surface area contributed by atoms with Crippen LogP contribution in [0.1, 0.15) is 36.0 Å². The zero-order valence-corrected chi connectivity index (χ0v) is 19.5. The van der Waals surface area contributed by atoms with E-state index in [1.807, 2.05) is 0 Å². The van der Waals surface area contributed by atoms with Crippen molar-refractivity contribution in [1.82, 2.24) is 0 Å². The molecule has 1 aliphatic carbocycles. The van der Waals surface area contributed by atoms with Crippen molar-refractivity contribution in [3.8, 4) is 16.9 Å². The zero-order chi connectivity index (χ0) is 23.3. The summed E-state index contributed by atoms with van der Waals surface area (Å²) in [7, 11) is -3.89. The molecule has 0 unspecified atom stereocenters. The topological polar surface area (TPSA) is 99.4 Å². The van der Waals surface area contributed by atoms with Crippen LogP contribution in [0, 0.1) is 5.21 Å². The third kappa shape index (κ3) is 3.72. The maximum atomic E-state index is 13.5. The molecule has 0 saturated heterocycles. The molecule has 0 spiro atoms. The second-order valence-electron chi connectivity index (χ2n) is 7.98. The largest absolute Gasteiger partial charge is 0.619 e. The fourth-order valence-electron chi connectivity index (χ4n) is 4.39. The van der Waals surface area contributed by atoms with Gasteiger partial charge in [-0.1, -0.05) is 41.4 Å². The summed E-state index contributed by atoms with van der Waals surface area (Å²) in [6.45, 7) is 0. The number of hydrogen-bond donors (Lipinski definition) is 1. The SMILES string of the molecule is O=C(Nc1c(Cl)c[n+]([O-])cc1Cl)c1ccc(OC2CCCC2)c2c1-c1ccccc1S2(=O)=O. The van der Waals surface area contributed by atoms with Crippen LogP contribution >= 0.6 is 23.2 Å². The number of fused-ring (bicyclic) bond motifs is 3. The number of hydrogen-bond acceptors (Lipinski definition) is 5. The Hall–Kier alpha value is -2.81. The number of ether oxygens (including phenoxy) is 1. The summed E-state index contributed by atoms with van der Waals surface area (Å²) in [5.74, 6) is -0.370. The third-order valence-corrected chi connectivity index (χ3v) is 8.32. The van der Waals surface area contributed by atoms with Gasteiger partial charge in [0, 0.05) is 16.7 Å². The Balaban J connectivity index is 1.65. The summed E-state index contributed by atoms with van der Waals surface area (Å²) >= 11 is 12.2. The Bertz CT molecular complexity index is 1380. The molecule has 2 aromatic carbocycles. The number of benzene rings is 2. The monoisotopic (exact) mass is 504 g/mol. The van der Waals surface area contributed by atoms with Crippen LogP contribution in [0.3, 0.4) is 0 Å². The summed E-state index contributed by atoms with van der Waals surface area (Å²) in [5, 5.41) is 14.0. The molecule has 10 heteroatoms. The molecule has 0 bridgehead atoms. The maximum Gasteiger partial charge on any atom is 0.256 e. The molecular formula is C23H18Cl2N2O5S. The van der Waals surface area contributed by atoms with E-state index < -0.39 is 15.7 Å². The van der Waals surface area contributed by atoms with E-state index >= 15 is 0 Å². The van der Waals surface area contributed by atoms with Gasteiger partial charge in [0.1, 0.15) is 20.7 Å². The van der Waals surface area contributed by atoms with Gasteiger partial charge in [0.2, 0.25) is 22.2 Å². The van der Waals surface area contributed by atoms with Gasteiger partial charge in [-0.25, -0.2) is 8.42 Å². The number of carbonyl (C=O) groups excluding carboxylic acids is 1. The summed E-state index contributed by atoms with van der Waals surface area (Å²) in [6, 6.07) is 9.60. The summed E-state index contributed by atoms with van der Waals surface area (Å²) in [6.07, 6.45) is 5.83. The number of amides is 1. The smallest absolute Gasteiger partial charge is 0.256 e. The van der Waals surface area contributed by atoms with Crippen molar-refractivity contribution in [3.05, 3.63) is 69.6 Å². The minimum Gasteiger partial charge on any atom is -0.619 e. The lowest BCUT2D eigenvalue weighted by atomic mass is 9.98. The fourth-order valence-corrected chi connectivity index (χ4v) is 6.73. The second kappa shape index (κ2) is 8.20. The van der Waals surface area contributed by atoms with Crippen LogP contribution in [0.15, 0.2) is 58.6 Å². The van der Waals surface area contributed by atoms with Crippen LogP contribution in [0.2, 0.25) is 10.0 Å². The summed E-state index contributed by atoms with van der Waals surface area (Å²) in [4.78, 5) is 13.4. The van der Waals surface area contributed by atoms with E-state index in [0.29, 0.717) is 10.3 Å². The number of halogens is 2. The van der Waals surface area contributed by atoms with Gasteiger partial charge < -0.3 is 15.3 Å². The first-order chi connectivity index (χ1) is 15.8. The molecule has 5 rings (SSSR count). The Morgan fingerprint density at radius 1 is 1.06 bits per heavy atom. The molecule has 3 aromatic rings. The average molecular weight is 505 g/mol. The molecule has 0 atom stereocenters. The Morgan fingerprint density at radius 2 is 1.73 bits per heavy atom. The minimum atomic E-state index is -3.89. The number of aromatic nitrogens is 1. The maximum absolute atomic E-state index is 13.5. The van der Waals surface area contributed by atoms with Gasteiger partial charge in [0.05, 0.1) is 16.7 Å². The average Bonchev–Trinajstić information content (AvgIpc) is 3.36. The van der Waals surface area contributed by atoms with Crippen LogP contribution in [0.25, 0.3) is 11.1 Å². The standard InChI is InChI=1S/C23H18Cl2N2O5S/c24-16-11-27(29)12-17(25)21(16)26-23(28)15-9-10-18(32-13-5-1-2-6-13)22-20(15)14-7-3-4-8-19(14)33(22,30)31/h3-4,7-13H,1-2,5-6H2,(H,26,28). The highest BCUT2D eigenvalue weighted by atomic mass is 35.5. The van der Waals surface area contributed by atoms with Gasteiger partial charge in [0.25, 0.3) is 5.91 Å². The lowest BCUT2D eigenvalue weighted by Crippen LogP contribution is -2.25. The molecule has 1 aromatic heterocycles. The lowest BCUT2D eigenvalue weighted by Gasteiger charge is -2.18. The van der Waals surface area contributed by atoms with Crippen molar-refractivity contribution >= 4 is 44.6 Å². The van der Waals surface area contributed by atoms with Crippen LogP contribution in [-0.4, -0.2) is 20.4 Å². The summed E-state index contributed by atoms with van der Waals surface area (Å²) < 4.78 is 33.4. The van der Waals surface area contributed by atoms with E-state index in [-0.39, 0.29) is 48.5 Å². The highest BCUT2D eigenvalue weighted by molar-refractivity contribution is 7.92. The van der Waals surface area contributed by atoms with Crippen molar-refractivity contribution in [3.63, 3.8) is 0 Å². The highest BCUT2D eigenvalue weighted by Crippen LogP contribution is 2.49. The number of sulfone groups is 1. The van der Waals surface area contributed by atoms with E-state index in [4.69, 9.17) is 27.9 Å². The summed E-state index contributed by atoms with van der Waals surface area (Å²) in [5.41, 5.74) is 0.894. The van der Waals surface area contributed by atoms with E-state index in [2.05, 4.69) is 5.32 Å². The van der Waals surface area contributed by atoms with Crippen molar-refractivity contribution < 1.29 is 22.7 Å². The molecular weight excluding hydrogens is 487 g/mol. The van der Waals surface area contributed by atoms with Crippen molar-refractivity contribution in [2.45, 2.75) is 41.6 Å². The highest BCUT2D eigenvalue weighted by Gasteiger charge is 2.39. The van der Waals surface area contributed by atoms with E-state index in [0.717, 1.165) is 38.1 Å². The molecule has 1 amide bonds. The second-order valence-corrected chi connectivity index (χ2v) is 10.7. The molecule has 2 heterocycles. The number of rotatable bonds is 4. The molecule has 1 fully saturated rings. The molecule has 2 aliphatic rings. The first-order valence-electron chi connectivity index (χ1n) is 10.3. The first-order valence-corrected chi connectivity index (χ1v) is 12.6. The number of nitrogens with zero attached hydrogens (tertiary/aromatic N) is 1. The number of nitrogens with one attached hydrogen (secondary N) is 1. The molecule has 7 nitrogen and oxygen atoms in total. The van der Waals surface area contributed by atoms with E-state index in [1.165, 1.54) is 18.2 Å². The van der Waals surface area contributed by atoms with Gasteiger partial charge in [-0.2, -0.15) is 4.73 Å². The van der Waals surface area contributed by atoms with E-state index in [1.54, 1.807) is 18.2 Å². The number of pyridine rings is 1. The minimum absolute atomic E-state index is 0.00842. The molecule has 0 radical (unpaired) electrons. The zero-order valence-electron chi connectivity index (χ0n) is 17.2. The van der Waals surface area contributed by atoms with Gasteiger partial charge >= 0.3 is 0 Å². The molecule has 170 valence electrons. The van der Waals surface area contributed by atoms with Gasteiger partial charge in [-0.3, -0.25) is 4.79 Å². The Labute approximate surface area is 200 Å². The van der Waals surface area contributed by atoms with Crippen molar-refractivity contribution in [1.29, 1.82) is 0 Å². The van der Waals surface area contributed by atoms with Gasteiger partial charge in [-0.05, 0) is 43.9 Å². The quantitative estimate of drug-likeness (QED) is 0.311. The normalized spacial score (nSPS) is 16.3. The van der Waals surface area contributed by atoms with Crippen LogP contribution < -0.4 is 14.8 Å². The number of carbonyl (C=O) groups is 1. The molecule has 1 saturated carbocycles. The lowest BCUT2D eigenvalue weighted by molar-refractivity contribution is -0.605. The molecule has 33 heavy (non-hydrogen) atoms. The molecule has 1 aliphatic heterocycles. The van der Waals surface area contributed by atoms with E-state index in [9.17, 15) is 18.4 Å². The Kier molecular flexibility index (Phi) is 5.47. The van der Waals surface area contributed by atoms with Crippen molar-refractivity contribution in [2.24, 2.45) is 0 Å². The Morgan fingerprint density at radius 3 is 2.42 bits per heavy atom. The van der Waals surface area contributed by atoms with Gasteiger partial charge in [-0.15, -0.1) is 0 Å². The van der Waals surface area contributed by atoms with Crippen molar-refractivity contribution in [2.75, 3.05) is 5.32 Å². The predicted molar refractivity (Wildman–Crippen MR) is 124 cm³/mol. The fraction of sp³-hybridized carbons (Fsp3) is 0.217. The van der Waals surface area contributed by atoms with Crippen LogP contribution in [0.5, 0.6) is 5.75 Å². The van der Waals surface area contributed by atoms with Crippen LogP contribution in [-0.2, 0) is 9.84 Å². The third-order valence-electron chi connectivity index (χ3n) is 5.87. The van der Waals surface area contributed by atoms with Gasteiger partial charge in [0.15, 0.2) is 0 Å². The first kappa shape index (κ1) is 22.0.